The van der Waals surface area contributed by atoms with Gasteiger partial charge in [-0.3, -0.25) is 63.4 Å². The molecule has 1 heterocycles. The monoisotopic (exact) mass is 1020 g/mol. The number of amides is 8. The molecular weight excluding hydrogens is 965 g/mol. The fourth-order valence-corrected chi connectivity index (χ4v) is 8.76. The van der Waals surface area contributed by atoms with E-state index in [0.29, 0.717) is 24.6 Å². The third-order valence-electron chi connectivity index (χ3n) is 10.4. The highest BCUT2D eigenvalue weighted by atomic mass is 32.2. The van der Waals surface area contributed by atoms with E-state index in [4.69, 9.17) is 22.9 Å². The molecule has 29 heteroatoms. The lowest BCUT2D eigenvalue weighted by molar-refractivity contribution is -0.385. The number of nitrogens with zero attached hydrogens (tertiary/aromatic N) is 2. The molecule has 6 atom stereocenters. The average molecular weight is 1020 g/mol. The molecule has 0 saturated carbocycles. The van der Waals surface area contributed by atoms with Crippen LogP contribution in [0, 0.1) is 20.2 Å². The molecule has 70 heavy (non-hydrogen) atoms. The molecule has 0 aromatic heterocycles. The largest absolute Gasteiger partial charge is 0.481 e. The van der Waals surface area contributed by atoms with Crippen LogP contribution in [-0.2, 0) is 33.6 Å². The molecule has 0 radical (unpaired) electrons. The highest BCUT2D eigenvalue weighted by Gasteiger charge is 2.33. The van der Waals surface area contributed by atoms with Crippen molar-refractivity contribution in [2.24, 2.45) is 22.9 Å². The van der Waals surface area contributed by atoms with Crippen molar-refractivity contribution in [1.29, 1.82) is 0 Å². The number of benzene rings is 2. The predicted octanol–water partition coefficient (Wildman–Crippen LogP) is -1.99. The molecule has 2 aromatic carbocycles. The number of aliphatic hydroxyl groups is 1. The van der Waals surface area contributed by atoms with Crippen molar-refractivity contribution in [3.63, 3.8) is 0 Å². The van der Waals surface area contributed by atoms with Gasteiger partial charge in [0, 0.05) is 58.6 Å². The Morgan fingerprint density at radius 2 is 0.957 bits per heavy atom. The zero-order valence-corrected chi connectivity index (χ0v) is 39.2. The van der Waals surface area contributed by atoms with Crippen molar-refractivity contribution in [2.75, 3.05) is 31.2 Å². The lowest BCUT2D eigenvalue weighted by Crippen LogP contribution is -2.57. The van der Waals surface area contributed by atoms with Gasteiger partial charge in [-0.25, -0.2) is 0 Å². The second kappa shape index (κ2) is 28.5. The Labute approximate surface area is 407 Å². The number of aliphatic hydroxyl groups excluding tert-OH is 1. The van der Waals surface area contributed by atoms with E-state index in [1.54, 1.807) is 0 Å². The molecule has 0 aliphatic carbocycles. The minimum absolute atomic E-state index is 0.0145. The number of carboxylic acid groups (broad SMARTS) is 1. The number of primary amides is 2. The van der Waals surface area contributed by atoms with E-state index >= 15 is 0 Å². The lowest BCUT2D eigenvalue weighted by atomic mass is 10.1. The lowest BCUT2D eigenvalue weighted by Gasteiger charge is -2.26. The summed E-state index contributed by atoms with van der Waals surface area (Å²) in [6.45, 7) is -0.324. The fraction of sp³-hybridized carbons (Fsp3) is 0.488. The number of nitro benzene ring substituents is 2. The van der Waals surface area contributed by atoms with Crippen LogP contribution in [0.5, 0.6) is 0 Å². The molecule has 382 valence electrons. The number of carboxylic acids is 1. The van der Waals surface area contributed by atoms with Gasteiger partial charge in [0.2, 0.25) is 35.4 Å². The zero-order valence-electron chi connectivity index (χ0n) is 37.5. The first-order chi connectivity index (χ1) is 33.2. The van der Waals surface area contributed by atoms with Gasteiger partial charge in [0.25, 0.3) is 23.2 Å². The van der Waals surface area contributed by atoms with Crippen molar-refractivity contribution in [2.45, 2.75) is 104 Å². The first-order valence-corrected chi connectivity index (χ1v) is 23.6. The van der Waals surface area contributed by atoms with Gasteiger partial charge in [0.1, 0.15) is 36.3 Å². The zero-order chi connectivity index (χ0) is 52.1. The number of thioether (sulfide) groups is 2. The molecule has 1 aliphatic heterocycles. The van der Waals surface area contributed by atoms with Crippen molar-refractivity contribution in [3.8, 4) is 0 Å². The Balaban J connectivity index is 2.23. The molecule has 0 saturated heterocycles. The van der Waals surface area contributed by atoms with E-state index in [9.17, 15) is 73.6 Å². The summed E-state index contributed by atoms with van der Waals surface area (Å²) in [6, 6.07) is -3.18. The van der Waals surface area contributed by atoms with Gasteiger partial charge in [0.05, 0.1) is 21.0 Å². The van der Waals surface area contributed by atoms with E-state index in [0.717, 1.165) is 48.2 Å². The molecule has 4 unspecified atom stereocenters. The van der Waals surface area contributed by atoms with Gasteiger partial charge in [0.15, 0.2) is 0 Å². The molecule has 0 spiro atoms. The number of nitro groups is 2. The van der Waals surface area contributed by atoms with Crippen LogP contribution < -0.4 is 54.8 Å². The highest BCUT2D eigenvalue weighted by Crippen LogP contribution is 2.29. The van der Waals surface area contributed by atoms with E-state index < -0.39 is 154 Å². The van der Waals surface area contributed by atoms with Crippen LogP contribution >= 0.6 is 23.5 Å². The Hall–Kier alpha value is -6.95. The number of hydrogen-bond acceptors (Lipinski definition) is 18. The Morgan fingerprint density at radius 3 is 1.30 bits per heavy atom. The summed E-state index contributed by atoms with van der Waals surface area (Å²) in [5.41, 5.74) is 20.7. The van der Waals surface area contributed by atoms with Crippen LogP contribution in [0.25, 0.3) is 0 Å². The molecule has 1 aliphatic rings. The van der Waals surface area contributed by atoms with Crippen molar-refractivity contribution < 1.29 is 63.2 Å². The second-order valence-electron chi connectivity index (χ2n) is 15.6. The van der Waals surface area contributed by atoms with E-state index in [1.807, 2.05) is 0 Å². The maximum Gasteiger partial charge on any atom is 0.303 e. The summed E-state index contributed by atoms with van der Waals surface area (Å²) < 4.78 is 0. The molecule has 3 rings (SSSR count). The number of hydrogen-bond donors (Lipinski definition) is 12. The summed E-state index contributed by atoms with van der Waals surface area (Å²) in [4.78, 5) is 143. The molecule has 0 fully saturated rings. The van der Waals surface area contributed by atoms with E-state index in [2.05, 4.69) is 31.9 Å². The second-order valence-corrected chi connectivity index (χ2v) is 17.7. The molecular formula is C41H56N12O15S2. The third kappa shape index (κ3) is 17.9. The van der Waals surface area contributed by atoms with Gasteiger partial charge in [-0.1, -0.05) is 0 Å². The molecule has 0 bridgehead atoms. The molecule has 16 N–H and O–H groups in total. The summed E-state index contributed by atoms with van der Waals surface area (Å²) in [5, 5.41) is 57.7. The molecule has 8 amide bonds. The minimum Gasteiger partial charge on any atom is -0.481 e. The highest BCUT2D eigenvalue weighted by molar-refractivity contribution is 7.99. The van der Waals surface area contributed by atoms with Gasteiger partial charge < -0.3 is 65.0 Å². The van der Waals surface area contributed by atoms with Crippen molar-refractivity contribution >= 4 is 88.1 Å². The smallest absolute Gasteiger partial charge is 0.303 e. The van der Waals surface area contributed by atoms with Gasteiger partial charge >= 0.3 is 5.97 Å². The standard InChI is InChI=1S/C41H56N12O15S2/c42-14-3-1-5-25-38(61)50-29(34(44)57)20-70-32-11-8-22(53(67)68)18-24(32)37(60)47-28(13-16-54)41(64)49-26(6-2-4-15-43)39(62)51-30(35(45)58)19-69-31-10-7-21(52(65)66)17-23(31)36(59)46-27(40(63)48-25)9-12-33(55)56/h7-8,10-11,17-18,25-30,54H,1-6,9,12-16,19-20,42-43H2,(H2,44,57)(H2,45,58)(H,46,59)(H,47,60)(H,48,63)(H,49,64)(H,50,61)(H,51,62)(H,55,56)/t25?,26-,27-,28?,29?,30?/m0/s1. The number of carbonyl (C=O) groups is 9. The first-order valence-electron chi connectivity index (χ1n) is 21.7. The number of carbonyl (C=O) groups excluding carboxylic acids is 8. The number of nitrogens with one attached hydrogen (secondary N) is 6. The Kier molecular flexibility index (Phi) is 23.4. The summed E-state index contributed by atoms with van der Waals surface area (Å²) >= 11 is 1.45. The van der Waals surface area contributed by atoms with Gasteiger partial charge in [-0.2, -0.15) is 0 Å². The summed E-state index contributed by atoms with van der Waals surface area (Å²) in [7, 11) is 0. The van der Waals surface area contributed by atoms with Gasteiger partial charge in [-0.15, -0.1) is 23.5 Å². The number of non-ortho nitro benzene ring substituents is 2. The number of aliphatic carboxylic acids is 1. The van der Waals surface area contributed by atoms with Crippen LogP contribution in [0.15, 0.2) is 46.2 Å². The van der Waals surface area contributed by atoms with Crippen LogP contribution in [-0.4, -0.2) is 141 Å². The summed E-state index contributed by atoms with van der Waals surface area (Å²) in [6.07, 6.45) is -0.676. The SMILES string of the molecule is NCCCCC1NC(=O)[C@H](CCC(=O)O)NC(=O)c2cc([N+](=O)[O-])ccc2SCC(C(N)=O)NC(=O)[C@H](CCCCN)NC(=O)C(CCO)NC(=O)c2cc([N+](=O)[O-])ccc2SCC(C(N)=O)NC1=O. The number of unbranched alkanes of at least 4 members (excludes halogenated alkanes) is 2. The van der Waals surface area contributed by atoms with Gasteiger partial charge in [-0.05, 0) is 76.6 Å². The maximum absolute atomic E-state index is 14.0. The third-order valence-corrected chi connectivity index (χ3v) is 12.8. The van der Waals surface area contributed by atoms with Crippen LogP contribution in [0.4, 0.5) is 11.4 Å². The van der Waals surface area contributed by atoms with Crippen LogP contribution in [0.1, 0.15) is 78.5 Å². The minimum atomic E-state index is -1.71. The van der Waals surface area contributed by atoms with Crippen LogP contribution in [0.3, 0.4) is 0 Å². The van der Waals surface area contributed by atoms with E-state index in [-0.39, 0.29) is 54.1 Å². The number of rotatable bonds is 17. The van der Waals surface area contributed by atoms with Crippen LogP contribution in [0.2, 0.25) is 0 Å². The Bertz CT molecular complexity index is 2290. The topological polar surface area (TPSA) is 457 Å². The molecule has 27 nitrogen and oxygen atoms in total. The summed E-state index contributed by atoms with van der Waals surface area (Å²) in [5.74, 6) is -10.7. The van der Waals surface area contributed by atoms with E-state index in [1.165, 1.54) is 0 Å². The fourth-order valence-electron chi connectivity index (χ4n) is 6.62. The average Bonchev–Trinajstić information content (AvgIpc) is 3.31. The number of fused-ring (bicyclic) bond motifs is 2. The number of nitrogens with two attached hydrogens (primary N) is 4. The maximum atomic E-state index is 14.0. The first kappa shape index (κ1) is 57.4. The van der Waals surface area contributed by atoms with Crippen molar-refractivity contribution in [1.82, 2.24) is 31.9 Å². The Morgan fingerprint density at radius 1 is 0.586 bits per heavy atom. The predicted molar refractivity (Wildman–Crippen MR) is 251 cm³/mol. The van der Waals surface area contributed by atoms with Crippen molar-refractivity contribution in [3.05, 3.63) is 67.8 Å². The quantitative estimate of drug-likeness (QED) is 0.0464. The normalized spacial score (nSPS) is 21.2. The molecule has 2 aromatic rings.